The summed E-state index contributed by atoms with van der Waals surface area (Å²) in [5.74, 6) is 0. The van der Waals surface area contributed by atoms with Gasteiger partial charge in [-0.1, -0.05) is 0 Å². The van der Waals surface area contributed by atoms with Gasteiger partial charge in [-0.2, -0.15) is 0 Å². The van der Waals surface area contributed by atoms with Gasteiger partial charge in [0.1, 0.15) is 0 Å². The van der Waals surface area contributed by atoms with Gasteiger partial charge in [-0.15, -0.1) is 0 Å². The topological polar surface area (TPSA) is 12.5 Å². The molecule has 0 aromatic rings. The number of alkyl halides is 1. The molecule has 1 saturated heterocycles. The molecule has 0 unspecified atom stereocenters. The normalized spacial score (nSPS) is 20.8. The van der Waals surface area contributed by atoms with Crippen LogP contribution in [0.3, 0.4) is 0 Å². The van der Waals surface area contributed by atoms with Gasteiger partial charge in [0.2, 0.25) is 0 Å². The van der Waals surface area contributed by atoms with Crippen molar-refractivity contribution in [2.24, 2.45) is 0 Å². The van der Waals surface area contributed by atoms with Crippen LogP contribution in [0.5, 0.6) is 0 Å². The number of likely N-dealkylation sites (tertiary alicyclic amines) is 1. The molecule has 1 fully saturated rings. The van der Waals surface area contributed by atoms with Gasteiger partial charge in [0.25, 0.3) is 0 Å². The summed E-state index contributed by atoms with van der Waals surface area (Å²) in [4.78, 5) is 2.34. The molecule has 0 spiro atoms. The Bertz CT molecular complexity index is 171. The van der Waals surface area contributed by atoms with Crippen molar-refractivity contribution in [2.75, 3.05) is 26.3 Å². The first-order valence-corrected chi connectivity index (χ1v) is 5.97. The van der Waals surface area contributed by atoms with Gasteiger partial charge >= 0.3 is 0 Å². The second kappa shape index (κ2) is 5.80. The number of halogens is 1. The van der Waals surface area contributed by atoms with Gasteiger partial charge < -0.3 is 9.64 Å². The second-order valence-corrected chi connectivity index (χ2v) is 5.31. The standard InChI is InChI=1S/C12H24FNO/c1-12(2,3)15-11-5-9-14(10-6-11)8-4-7-13/h11H,4-10H2,1-3H3. The quantitative estimate of drug-likeness (QED) is 0.717. The zero-order valence-corrected chi connectivity index (χ0v) is 10.3. The molecule has 1 aliphatic heterocycles. The summed E-state index contributed by atoms with van der Waals surface area (Å²) in [6.45, 7) is 9.12. The maximum absolute atomic E-state index is 12.0. The lowest BCUT2D eigenvalue weighted by Crippen LogP contribution is -2.40. The second-order valence-electron chi connectivity index (χ2n) is 5.31. The van der Waals surface area contributed by atoms with E-state index in [9.17, 15) is 4.39 Å². The zero-order chi connectivity index (χ0) is 11.3. The lowest BCUT2D eigenvalue weighted by Gasteiger charge is -2.35. The highest BCUT2D eigenvalue weighted by Crippen LogP contribution is 2.20. The molecule has 0 N–H and O–H groups in total. The van der Waals surface area contributed by atoms with Crippen molar-refractivity contribution in [3.63, 3.8) is 0 Å². The molecule has 0 atom stereocenters. The summed E-state index contributed by atoms with van der Waals surface area (Å²) in [6.07, 6.45) is 3.24. The Hall–Kier alpha value is -0.150. The fourth-order valence-corrected chi connectivity index (χ4v) is 2.03. The number of hydrogen-bond acceptors (Lipinski definition) is 2. The van der Waals surface area contributed by atoms with Crippen LogP contribution in [-0.4, -0.2) is 42.9 Å². The SMILES string of the molecule is CC(C)(C)OC1CCN(CCCF)CC1. The first-order chi connectivity index (χ1) is 7.01. The monoisotopic (exact) mass is 217 g/mol. The summed E-state index contributed by atoms with van der Waals surface area (Å²) in [7, 11) is 0. The molecule has 0 radical (unpaired) electrons. The molecule has 0 aromatic carbocycles. The zero-order valence-electron chi connectivity index (χ0n) is 10.3. The Balaban J connectivity index is 2.18. The lowest BCUT2D eigenvalue weighted by molar-refractivity contribution is -0.0820. The third-order valence-corrected chi connectivity index (χ3v) is 2.66. The minimum absolute atomic E-state index is 0.0359. The highest BCUT2D eigenvalue weighted by Gasteiger charge is 2.23. The van der Waals surface area contributed by atoms with E-state index < -0.39 is 0 Å². The highest BCUT2D eigenvalue weighted by atomic mass is 19.1. The summed E-state index contributed by atoms with van der Waals surface area (Å²) in [5, 5.41) is 0. The number of hydrogen-bond donors (Lipinski definition) is 0. The molecular weight excluding hydrogens is 193 g/mol. The summed E-state index contributed by atoms with van der Waals surface area (Å²) >= 11 is 0. The molecule has 0 aliphatic carbocycles. The van der Waals surface area contributed by atoms with E-state index in [4.69, 9.17) is 4.74 Å². The van der Waals surface area contributed by atoms with Gasteiger partial charge in [-0.3, -0.25) is 4.39 Å². The Morgan fingerprint density at radius 3 is 2.33 bits per heavy atom. The number of ether oxygens (including phenoxy) is 1. The minimum atomic E-state index is -0.196. The third-order valence-electron chi connectivity index (χ3n) is 2.66. The smallest absolute Gasteiger partial charge is 0.0906 e. The van der Waals surface area contributed by atoms with Crippen LogP contribution in [0.1, 0.15) is 40.0 Å². The Labute approximate surface area is 92.8 Å². The molecule has 0 aromatic heterocycles. The Morgan fingerprint density at radius 2 is 1.87 bits per heavy atom. The van der Waals surface area contributed by atoms with Crippen molar-refractivity contribution in [2.45, 2.75) is 51.7 Å². The largest absolute Gasteiger partial charge is 0.373 e. The first kappa shape index (κ1) is 12.9. The molecule has 90 valence electrons. The van der Waals surface area contributed by atoms with E-state index in [2.05, 4.69) is 25.7 Å². The van der Waals surface area contributed by atoms with Crippen LogP contribution in [0.4, 0.5) is 4.39 Å². The van der Waals surface area contributed by atoms with Gasteiger partial charge in [0, 0.05) is 19.6 Å². The molecule has 0 amide bonds. The summed E-state index contributed by atoms with van der Waals surface area (Å²) in [5.41, 5.74) is -0.0359. The van der Waals surface area contributed by atoms with E-state index in [1.165, 1.54) is 0 Å². The van der Waals surface area contributed by atoms with Crippen molar-refractivity contribution >= 4 is 0 Å². The van der Waals surface area contributed by atoms with Crippen molar-refractivity contribution in [1.82, 2.24) is 4.90 Å². The average Bonchev–Trinajstić information content (AvgIpc) is 2.14. The molecule has 3 heteroatoms. The van der Waals surface area contributed by atoms with Crippen LogP contribution in [0.2, 0.25) is 0 Å². The van der Waals surface area contributed by atoms with Crippen molar-refractivity contribution < 1.29 is 9.13 Å². The fourth-order valence-electron chi connectivity index (χ4n) is 2.03. The first-order valence-electron chi connectivity index (χ1n) is 5.97. The van der Waals surface area contributed by atoms with E-state index >= 15 is 0 Å². The molecular formula is C12H24FNO. The minimum Gasteiger partial charge on any atom is -0.373 e. The van der Waals surface area contributed by atoms with Crippen molar-refractivity contribution in [3.05, 3.63) is 0 Å². The van der Waals surface area contributed by atoms with E-state index in [1.807, 2.05) is 0 Å². The van der Waals surface area contributed by atoms with Crippen LogP contribution in [-0.2, 0) is 4.74 Å². The molecule has 0 saturated carbocycles. The van der Waals surface area contributed by atoms with Gasteiger partial charge in [0.05, 0.1) is 18.4 Å². The number of piperidine rings is 1. The summed E-state index contributed by atoms with van der Waals surface area (Å²) in [6, 6.07) is 0. The molecule has 2 nitrogen and oxygen atoms in total. The van der Waals surface area contributed by atoms with Crippen LogP contribution < -0.4 is 0 Å². The van der Waals surface area contributed by atoms with E-state index in [0.717, 1.165) is 32.5 Å². The molecule has 1 rings (SSSR count). The Morgan fingerprint density at radius 1 is 1.27 bits per heavy atom. The number of rotatable bonds is 4. The maximum Gasteiger partial charge on any atom is 0.0906 e. The Kier molecular flexibility index (Phi) is 5.00. The van der Waals surface area contributed by atoms with E-state index in [1.54, 1.807) is 0 Å². The number of nitrogens with zero attached hydrogens (tertiary/aromatic N) is 1. The molecule has 0 bridgehead atoms. The van der Waals surface area contributed by atoms with Crippen LogP contribution in [0.25, 0.3) is 0 Å². The van der Waals surface area contributed by atoms with Gasteiger partial charge in [0.15, 0.2) is 0 Å². The lowest BCUT2D eigenvalue weighted by atomic mass is 10.1. The van der Waals surface area contributed by atoms with E-state index in [-0.39, 0.29) is 12.3 Å². The molecule has 1 heterocycles. The predicted molar refractivity (Wildman–Crippen MR) is 60.9 cm³/mol. The molecule has 15 heavy (non-hydrogen) atoms. The van der Waals surface area contributed by atoms with Crippen molar-refractivity contribution in [3.8, 4) is 0 Å². The summed E-state index contributed by atoms with van der Waals surface area (Å²) < 4.78 is 17.9. The fraction of sp³-hybridized carbons (Fsp3) is 1.00. The van der Waals surface area contributed by atoms with Crippen LogP contribution in [0.15, 0.2) is 0 Å². The molecule has 1 aliphatic rings. The third kappa shape index (κ3) is 5.47. The van der Waals surface area contributed by atoms with Crippen molar-refractivity contribution in [1.29, 1.82) is 0 Å². The average molecular weight is 217 g/mol. The van der Waals surface area contributed by atoms with Crippen LogP contribution >= 0.6 is 0 Å². The highest BCUT2D eigenvalue weighted by molar-refractivity contribution is 4.75. The van der Waals surface area contributed by atoms with E-state index in [0.29, 0.717) is 12.5 Å². The van der Waals surface area contributed by atoms with Gasteiger partial charge in [-0.25, -0.2) is 0 Å². The predicted octanol–water partition coefficient (Wildman–Crippen LogP) is 2.63. The van der Waals surface area contributed by atoms with Gasteiger partial charge in [-0.05, 0) is 40.0 Å². The van der Waals surface area contributed by atoms with Crippen LogP contribution in [0, 0.1) is 0 Å². The maximum atomic E-state index is 12.0.